The summed E-state index contributed by atoms with van der Waals surface area (Å²) < 4.78 is 5.04. The molecule has 2 rings (SSSR count). The number of furan rings is 1. The number of carbonyl (C=O) groups excluding carboxylic acids is 1. The Morgan fingerprint density at radius 3 is 2.71 bits per heavy atom. The van der Waals surface area contributed by atoms with Gasteiger partial charge < -0.3 is 9.52 Å². The second-order valence-corrected chi connectivity index (χ2v) is 2.77. The number of benzene rings is 1. The lowest BCUT2D eigenvalue weighted by atomic mass is 10.1. The average Bonchev–Trinajstić information content (AvgIpc) is 2.63. The Bertz CT molecular complexity index is 510. The van der Waals surface area contributed by atoms with Crippen LogP contribution in [-0.4, -0.2) is 16.9 Å². The van der Waals surface area contributed by atoms with Gasteiger partial charge in [-0.2, -0.15) is 0 Å². The molecule has 1 aromatic carbocycles. The van der Waals surface area contributed by atoms with E-state index >= 15 is 0 Å². The van der Waals surface area contributed by atoms with E-state index in [0.717, 1.165) is 0 Å². The topological polar surface area (TPSA) is 67.5 Å². The van der Waals surface area contributed by atoms with Gasteiger partial charge in [0.25, 0.3) is 5.78 Å². The van der Waals surface area contributed by atoms with Crippen molar-refractivity contribution in [3.63, 3.8) is 0 Å². The number of carboxylic acid groups (broad SMARTS) is 1. The average molecular weight is 190 g/mol. The molecule has 70 valence electrons. The molecule has 0 saturated heterocycles. The van der Waals surface area contributed by atoms with Crippen LogP contribution in [0.25, 0.3) is 11.0 Å². The molecule has 0 bridgehead atoms. The molecule has 0 unspecified atom stereocenters. The number of ketones is 1. The first-order valence-electron chi connectivity index (χ1n) is 3.94. The smallest absolute Gasteiger partial charge is 0.377 e. The van der Waals surface area contributed by atoms with E-state index in [1.165, 1.54) is 12.3 Å². The summed E-state index contributed by atoms with van der Waals surface area (Å²) in [5.74, 6) is -2.38. The molecule has 0 fully saturated rings. The predicted molar refractivity (Wildman–Crippen MR) is 48.2 cm³/mol. The van der Waals surface area contributed by atoms with Crippen LogP contribution in [0.5, 0.6) is 0 Å². The van der Waals surface area contributed by atoms with Crippen LogP contribution >= 0.6 is 0 Å². The number of aliphatic carboxylic acids is 1. The van der Waals surface area contributed by atoms with E-state index in [2.05, 4.69) is 0 Å². The molecule has 0 atom stereocenters. The van der Waals surface area contributed by atoms with Gasteiger partial charge in [0.2, 0.25) is 0 Å². The van der Waals surface area contributed by atoms with Crippen molar-refractivity contribution < 1.29 is 19.1 Å². The molecule has 14 heavy (non-hydrogen) atoms. The third-order valence-electron chi connectivity index (χ3n) is 1.93. The zero-order chi connectivity index (χ0) is 10.1. The van der Waals surface area contributed by atoms with E-state index in [-0.39, 0.29) is 5.56 Å². The fourth-order valence-corrected chi connectivity index (χ4v) is 1.31. The number of Topliss-reactive ketones (excluding diaryl/α,β-unsaturated/α-hetero) is 1. The van der Waals surface area contributed by atoms with E-state index in [1.807, 2.05) is 0 Å². The molecule has 4 nitrogen and oxygen atoms in total. The summed E-state index contributed by atoms with van der Waals surface area (Å²) in [4.78, 5) is 21.7. The van der Waals surface area contributed by atoms with Crippen LogP contribution in [0.15, 0.2) is 34.9 Å². The van der Waals surface area contributed by atoms with Gasteiger partial charge in [-0.25, -0.2) is 4.79 Å². The Balaban J connectivity index is 2.67. The highest BCUT2D eigenvalue weighted by Gasteiger charge is 2.17. The highest BCUT2D eigenvalue weighted by atomic mass is 16.4. The van der Waals surface area contributed by atoms with Crippen LogP contribution in [0.4, 0.5) is 0 Å². The molecule has 1 aromatic heterocycles. The van der Waals surface area contributed by atoms with E-state index in [9.17, 15) is 9.59 Å². The third-order valence-corrected chi connectivity index (χ3v) is 1.93. The van der Waals surface area contributed by atoms with Gasteiger partial charge >= 0.3 is 5.97 Å². The number of hydrogen-bond acceptors (Lipinski definition) is 3. The SMILES string of the molecule is O=C(O)C(=O)c1cccc2occc12. The molecule has 0 radical (unpaired) electrons. The predicted octanol–water partition coefficient (Wildman–Crippen LogP) is 1.70. The lowest BCUT2D eigenvalue weighted by molar-refractivity contribution is -0.131. The number of rotatable bonds is 2. The lowest BCUT2D eigenvalue weighted by Crippen LogP contribution is -2.12. The molecular formula is C10H6O4. The quantitative estimate of drug-likeness (QED) is 0.578. The molecule has 0 aliphatic heterocycles. The minimum atomic E-state index is -1.46. The van der Waals surface area contributed by atoms with Crippen molar-refractivity contribution >= 4 is 22.7 Å². The molecule has 0 aliphatic carbocycles. The maximum absolute atomic E-state index is 11.2. The maximum Gasteiger partial charge on any atom is 0.377 e. The Labute approximate surface area is 78.8 Å². The van der Waals surface area contributed by atoms with E-state index in [4.69, 9.17) is 9.52 Å². The first-order valence-corrected chi connectivity index (χ1v) is 3.94. The molecule has 0 aliphatic rings. The standard InChI is InChI=1S/C10H6O4/c11-9(10(12)13)7-2-1-3-8-6(7)4-5-14-8/h1-5H,(H,12,13). The molecule has 1 N–H and O–H groups in total. The Hall–Kier alpha value is -2.10. The fourth-order valence-electron chi connectivity index (χ4n) is 1.31. The largest absolute Gasteiger partial charge is 0.475 e. The van der Waals surface area contributed by atoms with E-state index < -0.39 is 11.8 Å². The van der Waals surface area contributed by atoms with Crippen molar-refractivity contribution in [3.8, 4) is 0 Å². The summed E-state index contributed by atoms with van der Waals surface area (Å²) >= 11 is 0. The summed E-state index contributed by atoms with van der Waals surface area (Å²) in [7, 11) is 0. The van der Waals surface area contributed by atoms with Crippen LogP contribution < -0.4 is 0 Å². The highest BCUT2D eigenvalue weighted by Crippen LogP contribution is 2.20. The van der Waals surface area contributed by atoms with Gasteiger partial charge in [-0.3, -0.25) is 4.79 Å². The summed E-state index contributed by atoms with van der Waals surface area (Å²) in [5, 5.41) is 9.08. The zero-order valence-corrected chi connectivity index (χ0v) is 7.06. The van der Waals surface area contributed by atoms with Gasteiger partial charge in [-0.1, -0.05) is 6.07 Å². The molecule has 2 aromatic rings. The van der Waals surface area contributed by atoms with Gasteiger partial charge in [0.15, 0.2) is 0 Å². The molecule has 1 heterocycles. The van der Waals surface area contributed by atoms with Crippen molar-refractivity contribution in [2.75, 3.05) is 0 Å². The minimum absolute atomic E-state index is 0.156. The molecule has 0 amide bonds. The van der Waals surface area contributed by atoms with Crippen LogP contribution in [0, 0.1) is 0 Å². The summed E-state index contributed by atoms with van der Waals surface area (Å²) in [6, 6.07) is 6.30. The van der Waals surface area contributed by atoms with Crippen molar-refractivity contribution in [3.05, 3.63) is 36.1 Å². The van der Waals surface area contributed by atoms with Gasteiger partial charge in [0.1, 0.15) is 5.58 Å². The number of carboxylic acids is 1. The first-order chi connectivity index (χ1) is 6.70. The number of fused-ring (bicyclic) bond motifs is 1. The summed E-state index contributed by atoms with van der Waals surface area (Å²) in [6.07, 6.45) is 1.42. The normalized spacial score (nSPS) is 10.3. The molecule has 0 saturated carbocycles. The van der Waals surface area contributed by atoms with Gasteiger partial charge in [0.05, 0.1) is 6.26 Å². The number of carbonyl (C=O) groups is 2. The van der Waals surface area contributed by atoms with Crippen molar-refractivity contribution in [2.45, 2.75) is 0 Å². The van der Waals surface area contributed by atoms with E-state index in [1.54, 1.807) is 18.2 Å². The summed E-state index contributed by atoms with van der Waals surface area (Å²) in [6.45, 7) is 0. The number of hydrogen-bond donors (Lipinski definition) is 1. The van der Waals surface area contributed by atoms with Gasteiger partial charge in [-0.15, -0.1) is 0 Å². The molecule has 4 heteroatoms. The van der Waals surface area contributed by atoms with Crippen molar-refractivity contribution in [2.24, 2.45) is 0 Å². The second kappa shape index (κ2) is 2.99. The summed E-state index contributed by atoms with van der Waals surface area (Å²) in [5.41, 5.74) is 0.667. The lowest BCUT2D eigenvalue weighted by Gasteiger charge is -1.96. The second-order valence-electron chi connectivity index (χ2n) is 2.77. The van der Waals surface area contributed by atoms with Crippen LogP contribution in [0.1, 0.15) is 10.4 Å². The molecule has 0 spiro atoms. The van der Waals surface area contributed by atoms with Crippen LogP contribution in [0.2, 0.25) is 0 Å². The van der Waals surface area contributed by atoms with Crippen LogP contribution in [0.3, 0.4) is 0 Å². The van der Waals surface area contributed by atoms with Gasteiger partial charge in [0, 0.05) is 10.9 Å². The van der Waals surface area contributed by atoms with Crippen molar-refractivity contribution in [1.29, 1.82) is 0 Å². The zero-order valence-electron chi connectivity index (χ0n) is 7.06. The van der Waals surface area contributed by atoms with Gasteiger partial charge in [-0.05, 0) is 18.2 Å². The fraction of sp³-hybridized carbons (Fsp3) is 0. The Morgan fingerprint density at radius 1 is 1.21 bits per heavy atom. The third kappa shape index (κ3) is 1.17. The minimum Gasteiger partial charge on any atom is -0.475 e. The maximum atomic E-state index is 11.2. The monoisotopic (exact) mass is 190 g/mol. The van der Waals surface area contributed by atoms with E-state index in [0.29, 0.717) is 11.0 Å². The molecular weight excluding hydrogens is 184 g/mol. The Kier molecular flexibility index (Phi) is 1.81. The van der Waals surface area contributed by atoms with Crippen molar-refractivity contribution in [1.82, 2.24) is 0 Å². The van der Waals surface area contributed by atoms with Crippen LogP contribution in [-0.2, 0) is 4.79 Å². The first kappa shape index (κ1) is 8.50. The Morgan fingerprint density at radius 2 is 2.00 bits per heavy atom. The highest BCUT2D eigenvalue weighted by molar-refractivity contribution is 6.42.